The van der Waals surface area contributed by atoms with Gasteiger partial charge in [-0.3, -0.25) is 9.59 Å². The largest absolute Gasteiger partial charge is 0.474 e. The van der Waals surface area contributed by atoms with Gasteiger partial charge in [0.2, 0.25) is 11.8 Å². The summed E-state index contributed by atoms with van der Waals surface area (Å²) in [7, 11) is 1.60. The number of aromatic nitrogens is 2. The predicted octanol–water partition coefficient (Wildman–Crippen LogP) is 2.58. The number of amides is 2. The number of carbonyl (C=O) groups excluding carboxylic acids is 2. The molecule has 5 unspecified atom stereocenters. The molecule has 0 aromatic carbocycles. The zero-order chi connectivity index (χ0) is 23.8. The minimum atomic E-state index is -0.737. The number of ether oxygens (including phenoxy) is 1. The topological polar surface area (TPSA) is 105 Å². The Hall–Kier alpha value is -2.35. The van der Waals surface area contributed by atoms with Gasteiger partial charge in [0.15, 0.2) is 0 Å². The lowest BCUT2D eigenvalue weighted by molar-refractivity contribution is -0.180. The van der Waals surface area contributed by atoms with E-state index in [2.05, 4.69) is 15.7 Å². The third kappa shape index (κ3) is 3.24. The van der Waals surface area contributed by atoms with Crippen molar-refractivity contribution in [2.75, 3.05) is 7.05 Å². The van der Waals surface area contributed by atoms with Gasteiger partial charge in [-0.2, -0.15) is 5.10 Å². The van der Waals surface area contributed by atoms with Crippen LogP contribution in [0.25, 0.3) is 6.20 Å². The van der Waals surface area contributed by atoms with Gasteiger partial charge in [-0.05, 0) is 77.6 Å². The van der Waals surface area contributed by atoms with E-state index in [0.717, 1.165) is 32.1 Å². The van der Waals surface area contributed by atoms with E-state index >= 15 is 0 Å². The fourth-order valence-corrected chi connectivity index (χ4v) is 7.37. The second kappa shape index (κ2) is 7.32. The maximum absolute atomic E-state index is 13.4. The molecule has 3 bridgehead atoms. The molecule has 1 aromatic heterocycles. The Kier molecular flexibility index (Phi) is 4.98. The quantitative estimate of drug-likeness (QED) is 0.585. The highest BCUT2D eigenvalue weighted by atomic mass is 16.5. The van der Waals surface area contributed by atoms with Crippen LogP contribution in [-0.2, 0) is 4.79 Å². The highest BCUT2D eigenvalue weighted by Crippen LogP contribution is 2.77. The number of hydrogen-bond acceptors (Lipinski definition) is 5. The molecule has 1 aromatic rings. The fourth-order valence-electron chi connectivity index (χ4n) is 7.37. The van der Waals surface area contributed by atoms with Crippen molar-refractivity contribution >= 4 is 18.0 Å². The van der Waals surface area contributed by atoms with Gasteiger partial charge in [0.1, 0.15) is 5.56 Å². The molecular formula is C25H36N4O4. The Morgan fingerprint density at radius 2 is 2.06 bits per heavy atom. The van der Waals surface area contributed by atoms with Crippen molar-refractivity contribution in [2.24, 2.45) is 28.6 Å². The molecule has 1 heterocycles. The molecule has 4 fully saturated rings. The lowest BCUT2D eigenvalue weighted by Gasteiger charge is -2.56. The van der Waals surface area contributed by atoms with Gasteiger partial charge in [0, 0.05) is 24.7 Å². The molecule has 4 aliphatic carbocycles. The van der Waals surface area contributed by atoms with E-state index in [-0.39, 0.29) is 29.4 Å². The number of nitrogens with zero attached hydrogens (tertiary/aromatic N) is 2. The van der Waals surface area contributed by atoms with Gasteiger partial charge in [-0.25, -0.2) is 4.68 Å². The summed E-state index contributed by atoms with van der Waals surface area (Å²) in [5.41, 5.74) is -0.826. The molecule has 3 N–H and O–H groups in total. The molecule has 1 spiro atoms. The van der Waals surface area contributed by atoms with Gasteiger partial charge in [0.25, 0.3) is 5.91 Å². The van der Waals surface area contributed by atoms with E-state index in [4.69, 9.17) is 4.74 Å². The van der Waals surface area contributed by atoms with Crippen LogP contribution in [0.3, 0.4) is 0 Å². The predicted molar refractivity (Wildman–Crippen MR) is 123 cm³/mol. The Labute approximate surface area is 195 Å². The molecule has 5 rings (SSSR count). The number of fused-ring (bicyclic) bond motifs is 2. The zero-order valence-corrected chi connectivity index (χ0v) is 20.2. The van der Waals surface area contributed by atoms with Crippen molar-refractivity contribution in [3.05, 3.63) is 17.8 Å². The second-order valence-electron chi connectivity index (χ2n) is 11.6. The average Bonchev–Trinajstić information content (AvgIpc) is 3.26. The summed E-state index contributed by atoms with van der Waals surface area (Å²) in [4.78, 5) is 25.5. The minimum absolute atomic E-state index is 0.0220. The maximum atomic E-state index is 13.4. The van der Waals surface area contributed by atoms with Crippen LogP contribution in [0.4, 0.5) is 0 Å². The van der Waals surface area contributed by atoms with Crippen LogP contribution in [0.1, 0.15) is 70.2 Å². The molecule has 33 heavy (non-hydrogen) atoms. The second-order valence-corrected chi connectivity index (χ2v) is 11.6. The van der Waals surface area contributed by atoms with Crippen LogP contribution in [0.5, 0.6) is 5.88 Å². The first-order valence-corrected chi connectivity index (χ1v) is 12.2. The van der Waals surface area contributed by atoms with Crippen LogP contribution in [0.2, 0.25) is 0 Å². The van der Waals surface area contributed by atoms with Crippen molar-refractivity contribution in [3.8, 4) is 5.88 Å². The summed E-state index contributed by atoms with van der Waals surface area (Å²) >= 11 is 0. The van der Waals surface area contributed by atoms with Crippen molar-refractivity contribution < 1.29 is 19.4 Å². The lowest BCUT2D eigenvalue weighted by atomic mass is 9.52. The minimum Gasteiger partial charge on any atom is -0.474 e. The average molecular weight is 457 g/mol. The molecule has 6 atom stereocenters. The van der Waals surface area contributed by atoms with Crippen LogP contribution in [-0.4, -0.2) is 51.5 Å². The summed E-state index contributed by atoms with van der Waals surface area (Å²) in [5.74, 6) is 1.47. The van der Waals surface area contributed by atoms with Gasteiger partial charge >= 0.3 is 0 Å². The number of rotatable bonds is 7. The maximum Gasteiger partial charge on any atom is 0.258 e. The number of hydrogen-bond donors (Lipinski definition) is 3. The molecule has 8 heteroatoms. The fraction of sp³-hybridized carbons (Fsp3) is 0.720. The van der Waals surface area contributed by atoms with Crippen molar-refractivity contribution in [1.82, 2.24) is 20.4 Å². The number of carbonyl (C=O) groups is 2. The third-order valence-corrected chi connectivity index (χ3v) is 8.76. The first-order valence-electron chi connectivity index (χ1n) is 12.2. The normalized spacial score (nSPS) is 36.2. The van der Waals surface area contributed by atoms with E-state index in [1.54, 1.807) is 19.3 Å². The molecule has 180 valence electrons. The highest BCUT2D eigenvalue weighted by molar-refractivity contribution is 5.96. The molecular weight excluding hydrogens is 420 g/mol. The van der Waals surface area contributed by atoms with Gasteiger partial charge in [-0.1, -0.05) is 6.08 Å². The van der Waals surface area contributed by atoms with E-state index in [1.807, 2.05) is 27.7 Å². The molecule has 4 aliphatic rings. The molecule has 0 aliphatic heterocycles. The molecule has 8 nitrogen and oxygen atoms in total. The molecule has 0 saturated heterocycles. The van der Waals surface area contributed by atoms with Crippen LogP contribution in [0.15, 0.2) is 12.3 Å². The highest BCUT2D eigenvalue weighted by Gasteiger charge is 2.77. The van der Waals surface area contributed by atoms with Crippen molar-refractivity contribution in [1.29, 1.82) is 0 Å². The number of nitrogens with one attached hydrogen (secondary N) is 2. The van der Waals surface area contributed by atoms with Crippen molar-refractivity contribution in [3.63, 3.8) is 0 Å². The van der Waals surface area contributed by atoms with Gasteiger partial charge in [0.05, 0.1) is 23.3 Å². The van der Waals surface area contributed by atoms with E-state index in [9.17, 15) is 14.7 Å². The van der Waals surface area contributed by atoms with Gasteiger partial charge < -0.3 is 20.5 Å². The zero-order valence-electron chi connectivity index (χ0n) is 20.2. The Morgan fingerprint density at radius 1 is 1.30 bits per heavy atom. The standard InChI is InChI=1S/C25H36N4O4/c1-14(2)33-21-17(13-27-29(21)7-6-23(3,4)22(31)26-5)20(30)28-19-16-8-15-9-24(11-16)18(19)12-25(24,32)10-15/h6-7,13-16,18-19,32H,8-12H2,1-5H3,(H,26,31)(H,28,30)/b7-6+/t15?,16?,18?,19?,24?,25-/m0/s1. The smallest absolute Gasteiger partial charge is 0.258 e. The van der Waals surface area contributed by atoms with E-state index < -0.39 is 11.0 Å². The van der Waals surface area contributed by atoms with Gasteiger partial charge in [-0.15, -0.1) is 0 Å². The van der Waals surface area contributed by atoms with Crippen molar-refractivity contribution in [2.45, 2.75) is 77.5 Å². The SMILES string of the molecule is CNC(=O)C(C)(C)/C=C/n1ncc(C(=O)NC2C3CC4CC5(C3)C2C[C@@]5(O)C4)c1OC(C)C. The van der Waals surface area contributed by atoms with Crippen LogP contribution in [0, 0.1) is 28.6 Å². The van der Waals surface area contributed by atoms with E-state index in [1.165, 1.54) is 10.9 Å². The first-order chi connectivity index (χ1) is 15.5. The Bertz CT molecular complexity index is 1010. The summed E-state index contributed by atoms with van der Waals surface area (Å²) in [6.45, 7) is 7.44. The Balaban J connectivity index is 1.37. The lowest BCUT2D eigenvalue weighted by Crippen LogP contribution is -2.62. The summed E-state index contributed by atoms with van der Waals surface area (Å²) in [6.07, 6.45) is 9.80. The molecule has 4 saturated carbocycles. The Morgan fingerprint density at radius 3 is 2.76 bits per heavy atom. The number of aliphatic hydroxyl groups is 1. The summed E-state index contributed by atoms with van der Waals surface area (Å²) in [5, 5.41) is 21.5. The third-order valence-electron chi connectivity index (χ3n) is 8.76. The monoisotopic (exact) mass is 456 g/mol. The summed E-state index contributed by atoms with van der Waals surface area (Å²) in [6, 6.07) is 0.0982. The first kappa shape index (κ1) is 22.4. The molecule has 0 radical (unpaired) electrons. The summed E-state index contributed by atoms with van der Waals surface area (Å²) < 4.78 is 7.51. The van der Waals surface area contributed by atoms with E-state index in [0.29, 0.717) is 29.2 Å². The van der Waals surface area contributed by atoms with Crippen LogP contribution < -0.4 is 15.4 Å². The molecule has 2 amide bonds. The van der Waals surface area contributed by atoms with Crippen LogP contribution >= 0.6 is 0 Å².